The molecule has 1 heterocycles. The topological polar surface area (TPSA) is 70.8 Å². The maximum absolute atomic E-state index is 9.11. The second-order valence-electron chi connectivity index (χ2n) is 4.14. The number of rotatable bonds is 7. The van der Waals surface area contributed by atoms with Crippen molar-refractivity contribution in [3.05, 3.63) is 16.8 Å². The van der Waals surface area contributed by atoms with Gasteiger partial charge in [0, 0.05) is 19.8 Å². The second-order valence-corrected chi connectivity index (χ2v) is 4.14. The smallest absolute Gasteiger partial charge is 0.166 e. The summed E-state index contributed by atoms with van der Waals surface area (Å²) < 4.78 is 5.38. The average molecular weight is 248 g/mol. The molecule has 1 rings (SSSR count). The number of ether oxygens (including phenoxy) is 1. The zero-order valence-corrected chi connectivity index (χ0v) is 11.3. The number of anilines is 1. The quantitative estimate of drug-likeness (QED) is 0.749. The zero-order chi connectivity index (χ0) is 13.4. The van der Waals surface area contributed by atoms with Crippen LogP contribution >= 0.6 is 0 Å². The predicted octanol–water partition coefficient (Wildman–Crippen LogP) is 2.19. The van der Waals surface area contributed by atoms with Crippen molar-refractivity contribution in [2.24, 2.45) is 0 Å². The van der Waals surface area contributed by atoms with Gasteiger partial charge in [-0.25, -0.2) is 0 Å². The summed E-state index contributed by atoms with van der Waals surface area (Å²) in [7, 11) is 0. The van der Waals surface area contributed by atoms with Gasteiger partial charge in [0.05, 0.1) is 5.69 Å². The fourth-order valence-electron chi connectivity index (χ4n) is 1.50. The number of nitrogens with one attached hydrogen (secondary N) is 1. The minimum Gasteiger partial charge on any atom is -0.381 e. The second kappa shape index (κ2) is 7.62. The summed E-state index contributed by atoms with van der Waals surface area (Å²) >= 11 is 0. The highest BCUT2D eigenvalue weighted by atomic mass is 16.5. The first kappa shape index (κ1) is 14.4. The van der Waals surface area contributed by atoms with Crippen LogP contribution in [0.25, 0.3) is 0 Å². The molecule has 5 nitrogen and oxygen atoms in total. The molecule has 0 amide bonds. The largest absolute Gasteiger partial charge is 0.381 e. The number of hydrogen-bond acceptors (Lipinski definition) is 5. The maximum atomic E-state index is 9.11. The van der Waals surface area contributed by atoms with E-state index in [4.69, 9.17) is 10.00 Å². The lowest BCUT2D eigenvalue weighted by molar-refractivity contribution is 0.134. The van der Waals surface area contributed by atoms with Gasteiger partial charge < -0.3 is 10.1 Å². The summed E-state index contributed by atoms with van der Waals surface area (Å²) in [4.78, 5) is 0. The molecule has 1 N–H and O–H groups in total. The zero-order valence-electron chi connectivity index (χ0n) is 11.3. The molecule has 0 fully saturated rings. The summed E-state index contributed by atoms with van der Waals surface area (Å²) in [5, 5.41) is 20.3. The van der Waals surface area contributed by atoms with E-state index in [-0.39, 0.29) is 0 Å². The van der Waals surface area contributed by atoms with Crippen molar-refractivity contribution in [2.75, 3.05) is 25.1 Å². The van der Waals surface area contributed by atoms with Crippen molar-refractivity contribution in [3.8, 4) is 6.07 Å². The average Bonchev–Trinajstić information content (AvgIpc) is 2.38. The lowest BCUT2D eigenvalue weighted by Gasteiger charge is -2.09. The minimum absolute atomic E-state index is 0.566. The summed E-state index contributed by atoms with van der Waals surface area (Å²) in [6, 6.07) is 2.17. The first-order chi connectivity index (χ1) is 8.70. The van der Waals surface area contributed by atoms with Crippen LogP contribution < -0.4 is 5.32 Å². The van der Waals surface area contributed by atoms with E-state index in [0.717, 1.165) is 43.9 Å². The molecule has 1 aromatic heterocycles. The molecule has 18 heavy (non-hydrogen) atoms. The lowest BCUT2D eigenvalue weighted by Crippen LogP contribution is -2.10. The van der Waals surface area contributed by atoms with Crippen LogP contribution in [0.5, 0.6) is 0 Å². The highest BCUT2D eigenvalue weighted by Gasteiger charge is 2.09. The molecule has 0 spiro atoms. The van der Waals surface area contributed by atoms with Gasteiger partial charge in [0.2, 0.25) is 0 Å². The van der Waals surface area contributed by atoms with Gasteiger partial charge >= 0.3 is 0 Å². The highest BCUT2D eigenvalue weighted by Crippen LogP contribution is 2.16. The predicted molar refractivity (Wildman–Crippen MR) is 70.4 cm³/mol. The van der Waals surface area contributed by atoms with E-state index in [9.17, 15) is 0 Å². The summed E-state index contributed by atoms with van der Waals surface area (Å²) in [6.07, 6.45) is 1.92. The Balaban J connectivity index is 2.48. The summed E-state index contributed by atoms with van der Waals surface area (Å²) in [6.45, 7) is 8.08. The van der Waals surface area contributed by atoms with Crippen LogP contribution in [-0.4, -0.2) is 30.0 Å². The number of nitrogens with zero attached hydrogens (tertiary/aromatic N) is 3. The number of aromatic nitrogens is 2. The number of nitriles is 1. The third kappa shape index (κ3) is 3.97. The van der Waals surface area contributed by atoms with E-state index in [0.29, 0.717) is 11.4 Å². The van der Waals surface area contributed by atoms with Crippen molar-refractivity contribution in [1.29, 1.82) is 5.26 Å². The number of hydrogen-bond donors (Lipinski definition) is 1. The molecule has 0 aliphatic heterocycles. The van der Waals surface area contributed by atoms with E-state index in [1.54, 1.807) is 0 Å². The van der Waals surface area contributed by atoms with E-state index >= 15 is 0 Å². The molecule has 0 saturated heterocycles. The molecule has 1 aromatic rings. The molecular weight excluding hydrogens is 228 g/mol. The molecule has 0 aliphatic carbocycles. The van der Waals surface area contributed by atoms with Gasteiger partial charge in [0.15, 0.2) is 5.82 Å². The Bertz CT molecular complexity index is 426. The Hall–Kier alpha value is -1.67. The maximum Gasteiger partial charge on any atom is 0.166 e. The third-order valence-electron chi connectivity index (χ3n) is 2.67. The van der Waals surface area contributed by atoms with Gasteiger partial charge in [-0.3, -0.25) is 0 Å². The van der Waals surface area contributed by atoms with E-state index in [2.05, 4.69) is 28.5 Å². The fraction of sp³-hybridized carbons (Fsp3) is 0.615. The third-order valence-corrected chi connectivity index (χ3v) is 2.67. The van der Waals surface area contributed by atoms with Gasteiger partial charge in [-0.2, -0.15) is 10.4 Å². The molecule has 0 radical (unpaired) electrons. The van der Waals surface area contributed by atoms with Crippen molar-refractivity contribution in [1.82, 2.24) is 10.2 Å². The molecule has 0 aromatic carbocycles. The van der Waals surface area contributed by atoms with E-state index in [1.807, 2.05) is 13.8 Å². The SMILES string of the molecule is CCCOCCCNc1nnc(C)c(C)c1C#N. The van der Waals surface area contributed by atoms with Crippen LogP contribution in [0, 0.1) is 25.2 Å². The minimum atomic E-state index is 0.566. The number of aryl methyl sites for hydroxylation is 1. The lowest BCUT2D eigenvalue weighted by atomic mass is 10.1. The van der Waals surface area contributed by atoms with Crippen LogP contribution in [0.1, 0.15) is 36.6 Å². The van der Waals surface area contributed by atoms with Crippen molar-refractivity contribution < 1.29 is 4.74 Å². The standard InChI is InChI=1S/C13H20N4O/c1-4-7-18-8-5-6-15-13-12(9-14)10(2)11(3)16-17-13/h4-8H2,1-3H3,(H,15,17). The fourth-order valence-corrected chi connectivity index (χ4v) is 1.50. The van der Waals surface area contributed by atoms with Crippen LogP contribution in [0.15, 0.2) is 0 Å². The van der Waals surface area contributed by atoms with Crippen LogP contribution in [0.2, 0.25) is 0 Å². The molecule has 0 aliphatic rings. The molecule has 0 saturated carbocycles. The molecule has 98 valence electrons. The van der Waals surface area contributed by atoms with E-state index < -0.39 is 0 Å². The van der Waals surface area contributed by atoms with Crippen molar-refractivity contribution in [2.45, 2.75) is 33.6 Å². The molecule has 0 unspecified atom stereocenters. The van der Waals surface area contributed by atoms with Gasteiger partial charge in [-0.15, -0.1) is 5.10 Å². The van der Waals surface area contributed by atoms with Gasteiger partial charge in [0.1, 0.15) is 11.6 Å². The molecular formula is C13H20N4O. The van der Waals surface area contributed by atoms with E-state index in [1.165, 1.54) is 0 Å². The van der Waals surface area contributed by atoms with Crippen LogP contribution in [0.4, 0.5) is 5.82 Å². The molecule has 5 heteroatoms. The monoisotopic (exact) mass is 248 g/mol. The van der Waals surface area contributed by atoms with Gasteiger partial charge in [0.25, 0.3) is 0 Å². The summed E-state index contributed by atoms with van der Waals surface area (Å²) in [5.41, 5.74) is 2.26. The first-order valence-electron chi connectivity index (χ1n) is 6.26. The first-order valence-corrected chi connectivity index (χ1v) is 6.26. The van der Waals surface area contributed by atoms with Crippen LogP contribution in [-0.2, 0) is 4.74 Å². The Morgan fingerprint density at radius 1 is 1.28 bits per heavy atom. The highest BCUT2D eigenvalue weighted by molar-refractivity contribution is 5.55. The van der Waals surface area contributed by atoms with Gasteiger partial charge in [-0.1, -0.05) is 6.92 Å². The summed E-state index contributed by atoms with van der Waals surface area (Å²) in [5.74, 6) is 0.566. The molecule has 0 bridgehead atoms. The Kier molecular flexibility index (Phi) is 6.09. The Morgan fingerprint density at radius 2 is 2.06 bits per heavy atom. The van der Waals surface area contributed by atoms with Crippen LogP contribution in [0.3, 0.4) is 0 Å². The van der Waals surface area contributed by atoms with Gasteiger partial charge in [-0.05, 0) is 32.3 Å². The Labute approximate surface area is 108 Å². The molecule has 0 atom stereocenters. The normalized spacial score (nSPS) is 10.1. The van der Waals surface area contributed by atoms with Crippen molar-refractivity contribution in [3.63, 3.8) is 0 Å². The van der Waals surface area contributed by atoms with Crippen molar-refractivity contribution >= 4 is 5.82 Å². The Morgan fingerprint density at radius 3 is 2.72 bits per heavy atom.